The summed E-state index contributed by atoms with van der Waals surface area (Å²) >= 11 is 12.4. The molecule has 0 heterocycles. The monoisotopic (exact) mass is 307 g/mol. The third-order valence-corrected chi connectivity index (χ3v) is 3.92. The molecule has 0 aliphatic carbocycles. The highest BCUT2D eigenvalue weighted by Crippen LogP contribution is 2.28. The van der Waals surface area contributed by atoms with Crippen LogP contribution in [0.15, 0.2) is 42.5 Å². The van der Waals surface area contributed by atoms with E-state index in [1.807, 2.05) is 18.2 Å². The van der Waals surface area contributed by atoms with Gasteiger partial charge in [0.15, 0.2) is 0 Å². The Morgan fingerprint density at radius 2 is 1.75 bits per heavy atom. The molecule has 0 saturated carbocycles. The number of halogens is 2. The quantitative estimate of drug-likeness (QED) is 0.801. The van der Waals surface area contributed by atoms with Gasteiger partial charge in [-0.1, -0.05) is 60.0 Å². The number of nitrogens with one attached hydrogen (secondary N) is 1. The van der Waals surface area contributed by atoms with Crippen LogP contribution < -0.4 is 5.32 Å². The van der Waals surface area contributed by atoms with Crippen molar-refractivity contribution in [2.75, 3.05) is 6.54 Å². The van der Waals surface area contributed by atoms with Crippen molar-refractivity contribution in [3.8, 4) is 0 Å². The molecular weight excluding hydrogens is 289 g/mol. The van der Waals surface area contributed by atoms with Gasteiger partial charge in [-0.05, 0) is 49.2 Å². The van der Waals surface area contributed by atoms with Gasteiger partial charge in [0, 0.05) is 16.1 Å². The largest absolute Gasteiger partial charge is 0.310 e. The van der Waals surface area contributed by atoms with Gasteiger partial charge in [0.2, 0.25) is 0 Å². The second kappa shape index (κ2) is 7.12. The minimum absolute atomic E-state index is 0.175. The van der Waals surface area contributed by atoms with Crippen LogP contribution in [0.2, 0.25) is 10.0 Å². The molecule has 0 spiro atoms. The van der Waals surface area contributed by atoms with Crippen LogP contribution in [0.5, 0.6) is 0 Å². The Morgan fingerprint density at radius 3 is 2.40 bits per heavy atom. The van der Waals surface area contributed by atoms with Crippen LogP contribution in [0.25, 0.3) is 0 Å². The Kier molecular flexibility index (Phi) is 5.47. The van der Waals surface area contributed by atoms with Gasteiger partial charge in [0.05, 0.1) is 0 Å². The van der Waals surface area contributed by atoms with E-state index in [1.165, 1.54) is 11.1 Å². The number of aryl methyl sites for hydroxylation is 1. The van der Waals surface area contributed by atoms with Crippen molar-refractivity contribution in [3.63, 3.8) is 0 Å². The van der Waals surface area contributed by atoms with Crippen LogP contribution in [0, 0.1) is 6.92 Å². The molecule has 0 aliphatic heterocycles. The smallest absolute Gasteiger partial charge is 0.0454 e. The first kappa shape index (κ1) is 15.4. The van der Waals surface area contributed by atoms with Gasteiger partial charge < -0.3 is 5.32 Å². The lowest BCUT2D eigenvalue weighted by atomic mass is 9.98. The lowest BCUT2D eigenvalue weighted by Crippen LogP contribution is -2.23. The van der Waals surface area contributed by atoms with E-state index in [1.54, 1.807) is 0 Å². The Balaban J connectivity index is 2.26. The maximum Gasteiger partial charge on any atom is 0.0454 e. The lowest BCUT2D eigenvalue weighted by Gasteiger charge is -2.20. The predicted molar refractivity (Wildman–Crippen MR) is 87.8 cm³/mol. The maximum absolute atomic E-state index is 6.32. The zero-order chi connectivity index (χ0) is 14.5. The SMILES string of the molecule is CCNC(Cc1ccc(C)cc1)c1cc(Cl)ccc1Cl. The van der Waals surface area contributed by atoms with Crippen LogP contribution in [0.4, 0.5) is 0 Å². The summed E-state index contributed by atoms with van der Waals surface area (Å²) in [5.74, 6) is 0. The molecule has 3 heteroatoms. The summed E-state index contributed by atoms with van der Waals surface area (Å²) in [6.45, 7) is 5.08. The molecule has 1 N–H and O–H groups in total. The summed E-state index contributed by atoms with van der Waals surface area (Å²) in [7, 11) is 0. The van der Waals surface area contributed by atoms with Gasteiger partial charge in [0.25, 0.3) is 0 Å². The summed E-state index contributed by atoms with van der Waals surface area (Å²) in [6.07, 6.45) is 0.897. The standard InChI is InChI=1S/C17H19Cl2N/c1-3-20-17(10-13-6-4-12(2)5-7-13)15-11-14(18)8-9-16(15)19/h4-9,11,17,20H,3,10H2,1-2H3. The zero-order valence-corrected chi connectivity index (χ0v) is 13.3. The Hall–Kier alpha value is -1.02. The van der Waals surface area contributed by atoms with Gasteiger partial charge in [-0.25, -0.2) is 0 Å². The van der Waals surface area contributed by atoms with E-state index >= 15 is 0 Å². The molecule has 0 saturated heterocycles. The van der Waals surface area contributed by atoms with E-state index in [-0.39, 0.29) is 6.04 Å². The van der Waals surface area contributed by atoms with E-state index in [0.29, 0.717) is 0 Å². The first-order chi connectivity index (χ1) is 9.60. The highest BCUT2D eigenvalue weighted by molar-refractivity contribution is 6.33. The number of benzene rings is 2. The number of likely N-dealkylation sites (N-methyl/N-ethyl adjacent to an activating group) is 1. The minimum atomic E-state index is 0.175. The second-order valence-corrected chi connectivity index (χ2v) is 5.81. The molecule has 0 radical (unpaired) electrons. The van der Waals surface area contributed by atoms with Gasteiger partial charge in [-0.2, -0.15) is 0 Å². The molecule has 1 unspecified atom stereocenters. The second-order valence-electron chi connectivity index (χ2n) is 4.97. The molecule has 0 aliphatic rings. The fraction of sp³-hybridized carbons (Fsp3) is 0.294. The fourth-order valence-electron chi connectivity index (χ4n) is 2.28. The average molecular weight is 308 g/mol. The molecule has 1 atom stereocenters. The summed E-state index contributed by atoms with van der Waals surface area (Å²) in [5.41, 5.74) is 3.62. The van der Waals surface area contributed by atoms with Crippen molar-refractivity contribution in [2.24, 2.45) is 0 Å². The van der Waals surface area contributed by atoms with Crippen LogP contribution in [-0.2, 0) is 6.42 Å². The number of hydrogen-bond acceptors (Lipinski definition) is 1. The van der Waals surface area contributed by atoms with E-state index in [0.717, 1.165) is 28.6 Å². The normalized spacial score (nSPS) is 12.4. The first-order valence-corrected chi connectivity index (χ1v) is 7.59. The van der Waals surface area contributed by atoms with Crippen molar-refractivity contribution in [3.05, 3.63) is 69.2 Å². The van der Waals surface area contributed by atoms with Gasteiger partial charge >= 0.3 is 0 Å². The fourth-order valence-corrected chi connectivity index (χ4v) is 2.71. The molecule has 2 aromatic carbocycles. The van der Waals surface area contributed by atoms with Crippen molar-refractivity contribution in [1.29, 1.82) is 0 Å². The van der Waals surface area contributed by atoms with E-state index in [2.05, 4.69) is 43.4 Å². The highest BCUT2D eigenvalue weighted by Gasteiger charge is 2.15. The summed E-state index contributed by atoms with van der Waals surface area (Å²) < 4.78 is 0. The summed E-state index contributed by atoms with van der Waals surface area (Å²) in [5, 5.41) is 4.96. The van der Waals surface area contributed by atoms with Gasteiger partial charge in [-0.3, -0.25) is 0 Å². The molecule has 0 bridgehead atoms. The average Bonchev–Trinajstić information content (AvgIpc) is 2.43. The lowest BCUT2D eigenvalue weighted by molar-refractivity contribution is 0.550. The van der Waals surface area contributed by atoms with Crippen LogP contribution in [-0.4, -0.2) is 6.54 Å². The molecule has 1 nitrogen and oxygen atoms in total. The minimum Gasteiger partial charge on any atom is -0.310 e. The topological polar surface area (TPSA) is 12.0 Å². The van der Waals surface area contributed by atoms with Crippen LogP contribution in [0.1, 0.15) is 29.7 Å². The zero-order valence-electron chi connectivity index (χ0n) is 11.8. The molecule has 20 heavy (non-hydrogen) atoms. The first-order valence-electron chi connectivity index (χ1n) is 6.84. The Bertz CT molecular complexity index is 564. The van der Waals surface area contributed by atoms with E-state index in [4.69, 9.17) is 23.2 Å². The third kappa shape index (κ3) is 3.99. The Morgan fingerprint density at radius 1 is 1.05 bits per heavy atom. The molecule has 0 aromatic heterocycles. The van der Waals surface area contributed by atoms with Crippen molar-refractivity contribution in [1.82, 2.24) is 5.32 Å². The highest BCUT2D eigenvalue weighted by atomic mass is 35.5. The van der Waals surface area contributed by atoms with Crippen molar-refractivity contribution < 1.29 is 0 Å². The molecule has 2 rings (SSSR count). The molecular formula is C17H19Cl2N. The molecule has 106 valence electrons. The van der Waals surface area contributed by atoms with E-state index in [9.17, 15) is 0 Å². The summed E-state index contributed by atoms with van der Waals surface area (Å²) in [6, 6.07) is 14.4. The van der Waals surface area contributed by atoms with Crippen LogP contribution >= 0.6 is 23.2 Å². The van der Waals surface area contributed by atoms with Crippen LogP contribution in [0.3, 0.4) is 0 Å². The number of hydrogen-bond donors (Lipinski definition) is 1. The summed E-state index contributed by atoms with van der Waals surface area (Å²) in [4.78, 5) is 0. The van der Waals surface area contributed by atoms with E-state index < -0.39 is 0 Å². The van der Waals surface area contributed by atoms with Gasteiger partial charge in [-0.15, -0.1) is 0 Å². The van der Waals surface area contributed by atoms with Crippen molar-refractivity contribution >= 4 is 23.2 Å². The predicted octanol–water partition coefficient (Wildman–Crippen LogP) is 5.20. The Labute approximate surface area is 130 Å². The molecule has 2 aromatic rings. The van der Waals surface area contributed by atoms with Crippen molar-refractivity contribution in [2.45, 2.75) is 26.3 Å². The molecule has 0 amide bonds. The number of rotatable bonds is 5. The van der Waals surface area contributed by atoms with Gasteiger partial charge in [0.1, 0.15) is 0 Å². The maximum atomic E-state index is 6.32. The molecule has 0 fully saturated rings. The third-order valence-electron chi connectivity index (χ3n) is 3.34.